The second-order valence-electron chi connectivity index (χ2n) is 10.1. The van der Waals surface area contributed by atoms with Gasteiger partial charge in [-0.1, -0.05) is 26.8 Å². The number of fused-ring (bicyclic) bond motifs is 2. The van der Waals surface area contributed by atoms with E-state index in [0.29, 0.717) is 16.9 Å². The van der Waals surface area contributed by atoms with Gasteiger partial charge in [0.15, 0.2) is 0 Å². The van der Waals surface area contributed by atoms with E-state index in [4.69, 9.17) is 9.97 Å². The van der Waals surface area contributed by atoms with Crippen LogP contribution in [0.2, 0.25) is 0 Å². The van der Waals surface area contributed by atoms with Crippen LogP contribution in [0.5, 0.6) is 0 Å². The van der Waals surface area contributed by atoms with E-state index < -0.39 is 0 Å². The molecular weight excluding hydrogens is 453 g/mol. The minimum Gasteiger partial charge on any atom is -0.371 e. The van der Waals surface area contributed by atoms with Crippen molar-refractivity contribution in [3.05, 3.63) is 76.1 Å². The van der Waals surface area contributed by atoms with Gasteiger partial charge in [0.25, 0.3) is 0 Å². The van der Waals surface area contributed by atoms with Crippen molar-refractivity contribution in [2.45, 2.75) is 46.5 Å². The zero-order valence-electron chi connectivity index (χ0n) is 21.5. The van der Waals surface area contributed by atoms with Crippen LogP contribution >= 0.6 is 0 Å². The summed E-state index contributed by atoms with van der Waals surface area (Å²) < 4.78 is 14.3. The van der Waals surface area contributed by atoms with E-state index >= 15 is 0 Å². The Hall–Kier alpha value is -3.74. The predicted octanol–water partition coefficient (Wildman–Crippen LogP) is 6.10. The van der Waals surface area contributed by atoms with Crippen molar-refractivity contribution in [1.82, 2.24) is 15.0 Å². The molecule has 186 valence electrons. The van der Waals surface area contributed by atoms with Crippen LogP contribution < -0.4 is 15.4 Å². The molecule has 1 aromatic carbocycles. The highest BCUT2D eigenvalue weighted by molar-refractivity contribution is 5.99. The Morgan fingerprint density at radius 2 is 1.97 bits per heavy atom. The maximum absolute atomic E-state index is 14.3. The molecule has 0 aliphatic carbocycles. The highest BCUT2D eigenvalue weighted by atomic mass is 19.1. The van der Waals surface area contributed by atoms with Crippen LogP contribution in [-0.4, -0.2) is 34.6 Å². The summed E-state index contributed by atoms with van der Waals surface area (Å²) in [5, 5.41) is 0.867. The maximum Gasteiger partial charge on any atom is 0.248 e. The number of rotatable bonds is 6. The van der Waals surface area contributed by atoms with Crippen molar-refractivity contribution < 1.29 is 4.39 Å². The molecule has 0 saturated carbocycles. The number of halogens is 1. The van der Waals surface area contributed by atoms with E-state index in [0.717, 1.165) is 59.8 Å². The first-order valence-corrected chi connectivity index (χ1v) is 12.6. The van der Waals surface area contributed by atoms with Crippen LogP contribution in [0.25, 0.3) is 22.3 Å². The van der Waals surface area contributed by atoms with Crippen LogP contribution in [0.4, 0.5) is 21.5 Å². The molecular formula is C29H32FN5O. The molecule has 6 nitrogen and oxygen atoms in total. The molecule has 4 heterocycles. The number of aromatic amines is 1. The Bertz CT molecular complexity index is 1510. The Balaban J connectivity index is 1.78. The average Bonchev–Trinajstić information content (AvgIpc) is 3.12. The van der Waals surface area contributed by atoms with Crippen LogP contribution in [0.3, 0.4) is 0 Å². The lowest BCUT2D eigenvalue weighted by Crippen LogP contribution is -2.26. The van der Waals surface area contributed by atoms with Crippen LogP contribution in [0.15, 0.2) is 53.5 Å². The fraction of sp³-hybridized carbons (Fsp3) is 0.345. The monoisotopic (exact) mass is 485 g/mol. The Morgan fingerprint density at radius 3 is 2.69 bits per heavy atom. The van der Waals surface area contributed by atoms with E-state index in [9.17, 15) is 9.18 Å². The Morgan fingerprint density at radius 1 is 1.17 bits per heavy atom. The highest BCUT2D eigenvalue weighted by Gasteiger charge is 2.39. The summed E-state index contributed by atoms with van der Waals surface area (Å²) in [4.78, 5) is 29.4. The molecule has 0 saturated heterocycles. The van der Waals surface area contributed by atoms with E-state index in [1.54, 1.807) is 12.1 Å². The number of H-pyrrole nitrogens is 1. The standard InChI is InChI=1S/C29H32FN5O/c1-6-13-34(7-2)20-15-24-28(31-16-20)29(4,5)17-35(24)27-18(3)26(22-9-8-10-25(36)32-22)33-23-14-19(30)11-12-21(23)27/h8-12,14-16H,6-7,13,17H2,1-5H3,(H,32,36). The second kappa shape index (κ2) is 9.04. The number of nitrogens with zero attached hydrogens (tertiary/aromatic N) is 4. The molecule has 1 N–H and O–H groups in total. The average molecular weight is 486 g/mol. The molecule has 0 atom stereocenters. The zero-order valence-corrected chi connectivity index (χ0v) is 21.5. The van der Waals surface area contributed by atoms with Gasteiger partial charge in [-0.3, -0.25) is 9.78 Å². The van der Waals surface area contributed by atoms with E-state index in [2.05, 4.69) is 48.5 Å². The molecule has 0 unspecified atom stereocenters. The van der Waals surface area contributed by atoms with Gasteiger partial charge in [-0.15, -0.1) is 0 Å². The fourth-order valence-corrected chi connectivity index (χ4v) is 5.35. The third-order valence-electron chi connectivity index (χ3n) is 7.03. The molecule has 4 aromatic rings. The minimum atomic E-state index is -0.346. The quantitative estimate of drug-likeness (QED) is 0.358. The number of anilines is 3. The van der Waals surface area contributed by atoms with E-state index in [-0.39, 0.29) is 16.8 Å². The van der Waals surface area contributed by atoms with Crippen molar-refractivity contribution in [2.24, 2.45) is 0 Å². The van der Waals surface area contributed by atoms with Crippen LogP contribution in [-0.2, 0) is 5.41 Å². The zero-order chi connectivity index (χ0) is 25.6. The third-order valence-corrected chi connectivity index (χ3v) is 7.03. The largest absolute Gasteiger partial charge is 0.371 e. The highest BCUT2D eigenvalue weighted by Crippen LogP contribution is 2.48. The molecule has 7 heteroatoms. The van der Waals surface area contributed by atoms with Crippen molar-refractivity contribution in [2.75, 3.05) is 29.4 Å². The normalized spacial score (nSPS) is 14.3. The molecule has 0 radical (unpaired) electrons. The topological polar surface area (TPSA) is 65.1 Å². The number of aromatic nitrogens is 3. The van der Waals surface area contributed by atoms with Crippen LogP contribution in [0, 0.1) is 12.7 Å². The first kappa shape index (κ1) is 24.0. The van der Waals surface area contributed by atoms with Gasteiger partial charge in [0, 0.05) is 48.1 Å². The Kier molecular flexibility index (Phi) is 6.02. The maximum atomic E-state index is 14.3. The lowest BCUT2D eigenvalue weighted by atomic mass is 9.91. The predicted molar refractivity (Wildman–Crippen MR) is 145 cm³/mol. The van der Waals surface area contributed by atoms with Crippen molar-refractivity contribution in [3.63, 3.8) is 0 Å². The van der Waals surface area contributed by atoms with E-state index in [1.165, 1.54) is 18.2 Å². The summed E-state index contributed by atoms with van der Waals surface area (Å²) in [5.74, 6) is -0.346. The summed E-state index contributed by atoms with van der Waals surface area (Å²) >= 11 is 0. The summed E-state index contributed by atoms with van der Waals surface area (Å²) in [6.07, 6.45) is 3.04. The smallest absolute Gasteiger partial charge is 0.248 e. The first-order chi connectivity index (χ1) is 17.2. The molecule has 0 spiro atoms. The number of pyridine rings is 3. The van der Waals surface area contributed by atoms with Gasteiger partial charge in [0.05, 0.1) is 45.9 Å². The van der Waals surface area contributed by atoms with Gasteiger partial charge >= 0.3 is 0 Å². The van der Waals surface area contributed by atoms with E-state index in [1.807, 2.05) is 19.2 Å². The van der Waals surface area contributed by atoms with Gasteiger partial charge in [-0.05, 0) is 44.5 Å². The number of nitrogens with one attached hydrogen (secondary N) is 1. The number of hydrogen-bond donors (Lipinski definition) is 1. The SMILES string of the molecule is CCCN(CC)c1cnc2c(c1)N(c1c(C)c(-c3cccc(=O)[nH]3)nc3cc(F)ccc13)CC2(C)C. The minimum absolute atomic E-state index is 0.182. The van der Waals surface area contributed by atoms with Gasteiger partial charge in [-0.2, -0.15) is 0 Å². The molecule has 3 aromatic heterocycles. The van der Waals surface area contributed by atoms with Crippen molar-refractivity contribution >= 4 is 28.0 Å². The molecule has 36 heavy (non-hydrogen) atoms. The summed E-state index contributed by atoms with van der Waals surface area (Å²) in [7, 11) is 0. The fourth-order valence-electron chi connectivity index (χ4n) is 5.35. The lowest BCUT2D eigenvalue weighted by molar-refractivity contribution is 0.554. The van der Waals surface area contributed by atoms with Gasteiger partial charge < -0.3 is 14.8 Å². The summed E-state index contributed by atoms with van der Waals surface area (Å²) in [6, 6.07) is 12.0. The summed E-state index contributed by atoms with van der Waals surface area (Å²) in [6.45, 7) is 13.4. The first-order valence-electron chi connectivity index (χ1n) is 12.6. The summed E-state index contributed by atoms with van der Waals surface area (Å²) in [5.41, 5.74) is 6.48. The number of benzene rings is 1. The number of hydrogen-bond acceptors (Lipinski definition) is 5. The second-order valence-corrected chi connectivity index (χ2v) is 10.1. The molecule has 5 rings (SSSR count). The molecule has 0 bridgehead atoms. The molecule has 0 fully saturated rings. The molecule has 0 amide bonds. The van der Waals surface area contributed by atoms with Crippen molar-refractivity contribution in [1.29, 1.82) is 0 Å². The molecule has 1 aliphatic rings. The van der Waals surface area contributed by atoms with Crippen molar-refractivity contribution in [3.8, 4) is 11.4 Å². The third kappa shape index (κ3) is 4.02. The van der Waals surface area contributed by atoms with Gasteiger partial charge in [-0.25, -0.2) is 9.37 Å². The lowest BCUT2D eigenvalue weighted by Gasteiger charge is -2.27. The van der Waals surface area contributed by atoms with Gasteiger partial charge in [0.1, 0.15) is 5.82 Å². The van der Waals surface area contributed by atoms with Crippen LogP contribution in [0.1, 0.15) is 45.4 Å². The Labute approximate surface area is 210 Å². The van der Waals surface area contributed by atoms with Gasteiger partial charge in [0.2, 0.25) is 5.56 Å². The molecule has 1 aliphatic heterocycles.